The van der Waals surface area contributed by atoms with Crippen LogP contribution in [0.1, 0.15) is 22.5 Å². The van der Waals surface area contributed by atoms with Gasteiger partial charge < -0.3 is 4.74 Å². The third kappa shape index (κ3) is 2.39. The zero-order valence-electron chi connectivity index (χ0n) is 7.43. The van der Waals surface area contributed by atoms with Crippen molar-refractivity contribution in [3.8, 4) is 0 Å². The molecule has 0 saturated carbocycles. The monoisotopic (exact) mass is 331 g/mol. The van der Waals surface area contributed by atoms with Gasteiger partial charge in [0.15, 0.2) is 5.82 Å². The SMILES string of the molecule is COC(=O)c1c(I)cnc(C(F)F)c1F. The van der Waals surface area contributed by atoms with Crippen LogP contribution >= 0.6 is 22.6 Å². The lowest BCUT2D eigenvalue weighted by Gasteiger charge is -2.07. The minimum atomic E-state index is -3.06. The van der Waals surface area contributed by atoms with Crippen molar-refractivity contribution in [2.75, 3.05) is 7.11 Å². The second-order valence-electron chi connectivity index (χ2n) is 2.47. The minimum absolute atomic E-state index is 0.126. The van der Waals surface area contributed by atoms with Gasteiger partial charge in [-0.1, -0.05) is 0 Å². The van der Waals surface area contributed by atoms with Crippen LogP contribution in [0.2, 0.25) is 0 Å². The summed E-state index contributed by atoms with van der Waals surface area (Å²) in [5.74, 6) is -2.33. The average Bonchev–Trinajstić information content (AvgIpc) is 2.16. The van der Waals surface area contributed by atoms with Crippen molar-refractivity contribution >= 4 is 28.6 Å². The van der Waals surface area contributed by atoms with Crippen LogP contribution in [0.5, 0.6) is 0 Å². The predicted octanol–water partition coefficient (Wildman–Crippen LogP) is 2.55. The molecule has 15 heavy (non-hydrogen) atoms. The second-order valence-corrected chi connectivity index (χ2v) is 3.63. The topological polar surface area (TPSA) is 39.2 Å². The average molecular weight is 331 g/mol. The normalized spacial score (nSPS) is 10.5. The number of esters is 1. The summed E-state index contributed by atoms with van der Waals surface area (Å²) in [4.78, 5) is 14.3. The molecule has 0 radical (unpaired) electrons. The van der Waals surface area contributed by atoms with Gasteiger partial charge in [0.1, 0.15) is 11.3 Å². The van der Waals surface area contributed by atoms with Gasteiger partial charge >= 0.3 is 5.97 Å². The Kier molecular flexibility index (Phi) is 3.89. The third-order valence-electron chi connectivity index (χ3n) is 1.60. The van der Waals surface area contributed by atoms with E-state index in [9.17, 15) is 18.0 Å². The Labute approximate surface area is 96.8 Å². The van der Waals surface area contributed by atoms with Gasteiger partial charge in [0.25, 0.3) is 6.43 Å². The van der Waals surface area contributed by atoms with Gasteiger partial charge in [0.05, 0.1) is 7.11 Å². The van der Waals surface area contributed by atoms with E-state index in [1.807, 2.05) is 0 Å². The van der Waals surface area contributed by atoms with E-state index in [1.165, 1.54) is 0 Å². The lowest BCUT2D eigenvalue weighted by atomic mass is 10.2. The maximum Gasteiger partial charge on any atom is 0.342 e. The Balaban J connectivity index is 3.36. The number of aromatic nitrogens is 1. The van der Waals surface area contributed by atoms with Crippen molar-refractivity contribution in [2.45, 2.75) is 6.43 Å². The molecule has 1 heterocycles. The molecule has 0 aromatic carbocycles. The van der Waals surface area contributed by atoms with E-state index in [0.29, 0.717) is 0 Å². The number of carbonyl (C=O) groups is 1. The number of hydrogen-bond acceptors (Lipinski definition) is 3. The second kappa shape index (κ2) is 4.77. The summed E-state index contributed by atoms with van der Waals surface area (Å²) >= 11 is 1.62. The van der Waals surface area contributed by atoms with E-state index in [1.54, 1.807) is 22.6 Å². The maximum atomic E-state index is 13.4. The van der Waals surface area contributed by atoms with E-state index in [-0.39, 0.29) is 3.57 Å². The molecule has 0 fully saturated rings. The zero-order chi connectivity index (χ0) is 11.6. The highest BCUT2D eigenvalue weighted by atomic mass is 127. The van der Waals surface area contributed by atoms with Crippen LogP contribution in [0.15, 0.2) is 6.20 Å². The van der Waals surface area contributed by atoms with E-state index in [0.717, 1.165) is 13.3 Å². The Morgan fingerprint density at radius 2 is 2.20 bits per heavy atom. The molecule has 0 amide bonds. The fourth-order valence-corrected chi connectivity index (χ4v) is 1.52. The van der Waals surface area contributed by atoms with Crippen LogP contribution < -0.4 is 0 Å². The van der Waals surface area contributed by atoms with Gasteiger partial charge in [-0.05, 0) is 22.6 Å². The molecular formula is C8H5F3INO2. The zero-order valence-corrected chi connectivity index (χ0v) is 9.59. The van der Waals surface area contributed by atoms with Gasteiger partial charge in [-0.15, -0.1) is 0 Å². The Hall–Kier alpha value is -0.860. The molecule has 1 aromatic rings. The van der Waals surface area contributed by atoms with Gasteiger partial charge in [-0.2, -0.15) is 0 Å². The molecule has 1 aromatic heterocycles. The Morgan fingerprint density at radius 3 is 2.67 bits per heavy atom. The quantitative estimate of drug-likeness (QED) is 0.618. The molecular weight excluding hydrogens is 326 g/mol. The predicted molar refractivity (Wildman–Crippen MR) is 53.2 cm³/mol. The first-order valence-corrected chi connectivity index (χ1v) is 4.77. The van der Waals surface area contributed by atoms with Crippen LogP contribution in [-0.2, 0) is 4.74 Å². The van der Waals surface area contributed by atoms with E-state index >= 15 is 0 Å². The van der Waals surface area contributed by atoms with Crippen molar-refractivity contribution in [3.63, 3.8) is 0 Å². The number of alkyl halides is 2. The molecule has 3 nitrogen and oxygen atoms in total. The summed E-state index contributed by atoms with van der Waals surface area (Å²) in [6, 6.07) is 0. The van der Waals surface area contributed by atoms with Crippen molar-refractivity contribution in [1.29, 1.82) is 0 Å². The highest BCUT2D eigenvalue weighted by Crippen LogP contribution is 2.25. The number of halogens is 4. The van der Waals surface area contributed by atoms with Crippen molar-refractivity contribution < 1.29 is 22.7 Å². The maximum absolute atomic E-state index is 13.4. The molecule has 0 N–H and O–H groups in total. The molecule has 0 atom stereocenters. The van der Waals surface area contributed by atoms with Gasteiger partial charge in [-0.25, -0.2) is 18.0 Å². The number of nitrogens with zero attached hydrogens (tertiary/aromatic N) is 1. The first-order valence-electron chi connectivity index (χ1n) is 3.69. The molecule has 0 saturated heterocycles. The standard InChI is InChI=1S/C8H5F3INO2/c1-15-8(14)4-3(12)2-13-6(5(4)9)7(10)11/h2,7H,1H3. The highest BCUT2D eigenvalue weighted by molar-refractivity contribution is 14.1. The lowest BCUT2D eigenvalue weighted by Crippen LogP contribution is -2.11. The summed E-state index contributed by atoms with van der Waals surface area (Å²) < 4.78 is 42.3. The highest BCUT2D eigenvalue weighted by Gasteiger charge is 2.24. The molecule has 82 valence electrons. The smallest absolute Gasteiger partial charge is 0.342 e. The Bertz CT molecular complexity index is 398. The van der Waals surface area contributed by atoms with E-state index in [2.05, 4.69) is 9.72 Å². The fourth-order valence-electron chi connectivity index (χ4n) is 0.922. The summed E-state index contributed by atoms with van der Waals surface area (Å²) in [5.41, 5.74) is -1.56. The summed E-state index contributed by atoms with van der Waals surface area (Å²) in [6.45, 7) is 0. The third-order valence-corrected chi connectivity index (χ3v) is 2.41. The summed E-state index contributed by atoms with van der Waals surface area (Å²) in [5, 5.41) is 0. The first kappa shape index (κ1) is 12.2. The molecule has 0 aliphatic rings. The van der Waals surface area contributed by atoms with Crippen LogP contribution in [0, 0.1) is 9.39 Å². The van der Waals surface area contributed by atoms with Gasteiger partial charge in [-0.3, -0.25) is 4.98 Å². The Morgan fingerprint density at radius 1 is 1.60 bits per heavy atom. The van der Waals surface area contributed by atoms with Crippen molar-refractivity contribution in [1.82, 2.24) is 4.98 Å². The fraction of sp³-hybridized carbons (Fsp3) is 0.250. The lowest BCUT2D eigenvalue weighted by molar-refractivity contribution is 0.0592. The van der Waals surface area contributed by atoms with Crippen LogP contribution in [0.25, 0.3) is 0 Å². The number of rotatable bonds is 2. The molecule has 0 aliphatic heterocycles. The van der Waals surface area contributed by atoms with E-state index in [4.69, 9.17) is 0 Å². The van der Waals surface area contributed by atoms with Crippen LogP contribution in [0.3, 0.4) is 0 Å². The molecule has 0 aliphatic carbocycles. The van der Waals surface area contributed by atoms with Gasteiger partial charge in [0.2, 0.25) is 0 Å². The van der Waals surface area contributed by atoms with Crippen LogP contribution in [-0.4, -0.2) is 18.1 Å². The largest absolute Gasteiger partial charge is 0.465 e. The van der Waals surface area contributed by atoms with Crippen molar-refractivity contribution in [3.05, 3.63) is 26.8 Å². The molecule has 0 bridgehead atoms. The molecule has 1 rings (SSSR count). The minimum Gasteiger partial charge on any atom is -0.465 e. The van der Waals surface area contributed by atoms with Crippen LogP contribution in [0.4, 0.5) is 13.2 Å². The summed E-state index contributed by atoms with van der Waals surface area (Å²) in [6.07, 6.45) is -2.07. The first-order chi connectivity index (χ1) is 6.99. The summed E-state index contributed by atoms with van der Waals surface area (Å²) in [7, 11) is 1.04. The number of hydrogen-bond donors (Lipinski definition) is 0. The van der Waals surface area contributed by atoms with Crippen molar-refractivity contribution in [2.24, 2.45) is 0 Å². The number of methoxy groups -OCH3 is 1. The number of ether oxygens (including phenoxy) is 1. The molecule has 7 heteroatoms. The van der Waals surface area contributed by atoms with E-state index < -0.39 is 29.5 Å². The number of pyridine rings is 1. The molecule has 0 spiro atoms. The number of carbonyl (C=O) groups excluding carboxylic acids is 1. The van der Waals surface area contributed by atoms with Gasteiger partial charge in [0, 0.05) is 9.77 Å². The molecule has 0 unspecified atom stereocenters.